The minimum absolute atomic E-state index is 0.0108. The van der Waals surface area contributed by atoms with Gasteiger partial charge in [0, 0.05) is 5.39 Å². The van der Waals surface area contributed by atoms with Crippen LogP contribution in [0, 0.1) is 0 Å². The number of carbonyl (C=O) groups is 1. The van der Waals surface area contributed by atoms with Crippen molar-refractivity contribution in [2.24, 2.45) is 0 Å². The van der Waals surface area contributed by atoms with Gasteiger partial charge in [-0.05, 0) is 17.7 Å². The number of benzene rings is 2. The van der Waals surface area contributed by atoms with Crippen LogP contribution >= 0.6 is 0 Å². The van der Waals surface area contributed by atoms with E-state index >= 15 is 0 Å². The number of amides is 1. The number of fused-ring (bicyclic) bond motifs is 1. The van der Waals surface area contributed by atoms with Gasteiger partial charge < -0.3 is 10.4 Å². The molecule has 2 N–H and O–H groups in total. The molecule has 0 aliphatic carbocycles. The van der Waals surface area contributed by atoms with Gasteiger partial charge in [0.25, 0.3) is 0 Å². The smallest absolute Gasteiger partial charge is 0.227 e. The number of rotatable bonds is 4. The monoisotopic (exact) mass is 292 g/mol. The summed E-state index contributed by atoms with van der Waals surface area (Å²) in [6.07, 6.45) is 0.820. The van der Waals surface area contributed by atoms with Gasteiger partial charge in [0.15, 0.2) is 0 Å². The fraction of sp³-hybridized carbons (Fsp3) is 0.111. The number of hydrogen-bond acceptors (Lipinski definition) is 3. The summed E-state index contributed by atoms with van der Waals surface area (Å²) in [6.45, 7) is 0. The number of nitrogens with one attached hydrogen (secondary N) is 1. The molecule has 1 amide bonds. The van der Waals surface area contributed by atoms with E-state index in [0.29, 0.717) is 5.69 Å². The Kier molecular flexibility index (Phi) is 4.12. The number of anilines is 1. The molecule has 0 fully saturated rings. The van der Waals surface area contributed by atoms with Crippen molar-refractivity contribution in [1.82, 2.24) is 4.98 Å². The third kappa shape index (κ3) is 3.30. The van der Waals surface area contributed by atoms with E-state index in [1.54, 1.807) is 18.3 Å². The Morgan fingerprint density at radius 1 is 1.09 bits per heavy atom. The first-order valence-corrected chi connectivity index (χ1v) is 7.10. The zero-order valence-electron chi connectivity index (χ0n) is 11.9. The van der Waals surface area contributed by atoms with E-state index in [0.717, 1.165) is 16.5 Å². The van der Waals surface area contributed by atoms with E-state index in [1.165, 1.54) is 0 Å². The Labute approximate surface area is 128 Å². The van der Waals surface area contributed by atoms with Crippen molar-refractivity contribution in [2.75, 3.05) is 5.32 Å². The van der Waals surface area contributed by atoms with Crippen LogP contribution in [-0.4, -0.2) is 16.0 Å². The fourth-order valence-corrected chi connectivity index (χ4v) is 2.32. The van der Waals surface area contributed by atoms with Crippen molar-refractivity contribution in [3.63, 3.8) is 0 Å². The topological polar surface area (TPSA) is 62.2 Å². The third-order valence-corrected chi connectivity index (χ3v) is 3.44. The molecule has 0 spiro atoms. The third-order valence-electron chi connectivity index (χ3n) is 3.44. The lowest BCUT2D eigenvalue weighted by molar-refractivity contribution is -0.118. The number of hydrogen-bond donors (Lipinski definition) is 2. The highest BCUT2D eigenvalue weighted by molar-refractivity contribution is 5.93. The molecule has 3 aromatic rings. The van der Waals surface area contributed by atoms with Crippen LogP contribution in [0.3, 0.4) is 0 Å². The summed E-state index contributed by atoms with van der Waals surface area (Å²) in [6, 6.07) is 18.7. The molecule has 1 unspecified atom stereocenters. The van der Waals surface area contributed by atoms with E-state index in [4.69, 9.17) is 0 Å². The maximum absolute atomic E-state index is 12.0. The van der Waals surface area contributed by atoms with Gasteiger partial charge in [0.05, 0.1) is 29.9 Å². The van der Waals surface area contributed by atoms with Gasteiger partial charge in [-0.25, -0.2) is 0 Å². The standard InChI is InChI=1S/C18H16N2O2/c21-17(13-6-2-1-3-7-13)11-18(22)20-15-10-14-8-4-5-9-16(14)19-12-15/h1-10,12,17,21H,11H2,(H,20,22). The molecular formula is C18H16N2O2. The maximum atomic E-state index is 12.0. The average molecular weight is 292 g/mol. The molecule has 4 heteroatoms. The fourth-order valence-electron chi connectivity index (χ4n) is 2.32. The molecule has 0 bridgehead atoms. The second-order valence-electron chi connectivity index (χ2n) is 5.10. The van der Waals surface area contributed by atoms with Crippen molar-refractivity contribution < 1.29 is 9.90 Å². The number of carbonyl (C=O) groups excluding carboxylic acids is 1. The maximum Gasteiger partial charge on any atom is 0.227 e. The predicted octanol–water partition coefficient (Wildman–Crippen LogP) is 3.30. The van der Waals surface area contributed by atoms with Crippen molar-refractivity contribution in [3.05, 3.63) is 72.4 Å². The summed E-state index contributed by atoms with van der Waals surface area (Å²) in [4.78, 5) is 16.3. The van der Waals surface area contributed by atoms with E-state index in [9.17, 15) is 9.90 Å². The second kappa shape index (κ2) is 6.37. The zero-order chi connectivity index (χ0) is 15.4. The van der Waals surface area contributed by atoms with Crippen LogP contribution in [0.5, 0.6) is 0 Å². The van der Waals surface area contributed by atoms with Crippen molar-refractivity contribution in [2.45, 2.75) is 12.5 Å². The normalized spacial score (nSPS) is 12.0. The summed E-state index contributed by atoms with van der Waals surface area (Å²) in [5.41, 5.74) is 2.24. The van der Waals surface area contributed by atoms with Gasteiger partial charge in [-0.15, -0.1) is 0 Å². The molecule has 0 saturated carbocycles. The zero-order valence-corrected chi connectivity index (χ0v) is 11.9. The molecule has 2 aromatic carbocycles. The lowest BCUT2D eigenvalue weighted by Crippen LogP contribution is -2.15. The first-order chi connectivity index (χ1) is 10.7. The van der Waals surface area contributed by atoms with Crippen molar-refractivity contribution in [1.29, 1.82) is 0 Å². The molecule has 1 aromatic heterocycles. The minimum Gasteiger partial charge on any atom is -0.388 e. The molecule has 1 heterocycles. The van der Waals surface area contributed by atoms with Gasteiger partial charge in [-0.2, -0.15) is 0 Å². The quantitative estimate of drug-likeness (QED) is 0.775. The highest BCUT2D eigenvalue weighted by atomic mass is 16.3. The molecule has 0 aliphatic heterocycles. The van der Waals surface area contributed by atoms with E-state index in [1.807, 2.05) is 48.5 Å². The van der Waals surface area contributed by atoms with E-state index < -0.39 is 6.10 Å². The molecule has 4 nitrogen and oxygen atoms in total. The first kappa shape index (κ1) is 14.2. The van der Waals surface area contributed by atoms with Crippen LogP contribution in [0.1, 0.15) is 18.1 Å². The number of para-hydroxylation sites is 1. The lowest BCUT2D eigenvalue weighted by Gasteiger charge is -2.11. The predicted molar refractivity (Wildman–Crippen MR) is 86.4 cm³/mol. The molecule has 3 rings (SSSR count). The summed E-state index contributed by atoms with van der Waals surface area (Å²) in [5.74, 6) is -0.242. The summed E-state index contributed by atoms with van der Waals surface area (Å²) in [7, 11) is 0. The Morgan fingerprint density at radius 3 is 2.64 bits per heavy atom. The van der Waals surface area contributed by atoms with Crippen LogP contribution in [0.15, 0.2) is 66.9 Å². The summed E-state index contributed by atoms with van der Waals surface area (Å²) in [5, 5.41) is 13.8. The van der Waals surface area contributed by atoms with Crippen LogP contribution < -0.4 is 5.32 Å². The molecule has 0 saturated heterocycles. The molecule has 0 aliphatic rings. The number of pyridine rings is 1. The van der Waals surface area contributed by atoms with Crippen LogP contribution in [0.2, 0.25) is 0 Å². The molecule has 110 valence electrons. The van der Waals surface area contributed by atoms with Gasteiger partial charge in [0.1, 0.15) is 0 Å². The minimum atomic E-state index is -0.811. The first-order valence-electron chi connectivity index (χ1n) is 7.10. The Balaban J connectivity index is 1.68. The second-order valence-corrected chi connectivity index (χ2v) is 5.10. The van der Waals surface area contributed by atoms with E-state index in [2.05, 4.69) is 10.3 Å². The van der Waals surface area contributed by atoms with Gasteiger partial charge in [0.2, 0.25) is 5.91 Å². The molecular weight excluding hydrogens is 276 g/mol. The van der Waals surface area contributed by atoms with Gasteiger partial charge in [-0.3, -0.25) is 9.78 Å². The number of aliphatic hydroxyl groups is 1. The summed E-state index contributed by atoms with van der Waals surface area (Å²) >= 11 is 0. The highest BCUT2D eigenvalue weighted by Crippen LogP contribution is 2.19. The van der Waals surface area contributed by atoms with E-state index in [-0.39, 0.29) is 12.3 Å². The van der Waals surface area contributed by atoms with Crippen molar-refractivity contribution in [3.8, 4) is 0 Å². The van der Waals surface area contributed by atoms with Crippen LogP contribution in [0.25, 0.3) is 10.9 Å². The van der Waals surface area contributed by atoms with Crippen LogP contribution in [-0.2, 0) is 4.79 Å². The van der Waals surface area contributed by atoms with Gasteiger partial charge >= 0.3 is 0 Å². The highest BCUT2D eigenvalue weighted by Gasteiger charge is 2.13. The van der Waals surface area contributed by atoms with Crippen LogP contribution in [0.4, 0.5) is 5.69 Å². The SMILES string of the molecule is O=C(CC(O)c1ccccc1)Nc1cnc2ccccc2c1. The average Bonchev–Trinajstić information content (AvgIpc) is 2.55. The Bertz CT molecular complexity index is 787. The molecule has 1 atom stereocenters. The number of nitrogens with zero attached hydrogens (tertiary/aromatic N) is 1. The number of aromatic nitrogens is 1. The lowest BCUT2D eigenvalue weighted by atomic mass is 10.1. The van der Waals surface area contributed by atoms with Crippen molar-refractivity contribution >= 4 is 22.5 Å². The Morgan fingerprint density at radius 2 is 1.82 bits per heavy atom. The number of aliphatic hydroxyl groups excluding tert-OH is 1. The largest absolute Gasteiger partial charge is 0.388 e. The molecule has 22 heavy (non-hydrogen) atoms. The Hall–Kier alpha value is -2.72. The molecule has 0 radical (unpaired) electrons. The van der Waals surface area contributed by atoms with Gasteiger partial charge in [-0.1, -0.05) is 48.5 Å². The summed E-state index contributed by atoms with van der Waals surface area (Å²) < 4.78 is 0.